The number of rotatable bonds is 1. The number of hydrogen-bond donors (Lipinski definition) is 0. The molecule has 2 aromatic rings. The molecule has 0 aliphatic heterocycles. The van der Waals surface area contributed by atoms with Crippen LogP contribution >= 0.6 is 27.5 Å². The van der Waals surface area contributed by atoms with Gasteiger partial charge in [-0.25, -0.2) is 4.68 Å². The number of hydrogen-bond acceptors (Lipinski definition) is 2. The summed E-state index contributed by atoms with van der Waals surface area (Å²) >= 11 is 9.21. The van der Waals surface area contributed by atoms with E-state index in [1.165, 1.54) is 0 Å². The number of aromatic nitrogens is 2. The van der Waals surface area contributed by atoms with Gasteiger partial charge >= 0.3 is 0 Å². The van der Waals surface area contributed by atoms with E-state index in [0.717, 1.165) is 10.2 Å². The van der Waals surface area contributed by atoms with Crippen molar-refractivity contribution in [1.29, 1.82) is 5.26 Å². The van der Waals surface area contributed by atoms with Gasteiger partial charge in [0.05, 0.1) is 5.69 Å². The lowest BCUT2D eigenvalue weighted by Crippen LogP contribution is -1.96. The van der Waals surface area contributed by atoms with Crippen LogP contribution in [0.15, 0.2) is 34.9 Å². The van der Waals surface area contributed by atoms with E-state index in [0.29, 0.717) is 10.7 Å². The summed E-state index contributed by atoms with van der Waals surface area (Å²) in [4.78, 5) is 0. The Labute approximate surface area is 100 Å². The van der Waals surface area contributed by atoms with Crippen LogP contribution in [0, 0.1) is 11.3 Å². The van der Waals surface area contributed by atoms with E-state index in [9.17, 15) is 0 Å². The maximum absolute atomic E-state index is 8.65. The lowest BCUT2D eigenvalue weighted by atomic mass is 10.3. The van der Waals surface area contributed by atoms with Gasteiger partial charge in [0.15, 0.2) is 5.69 Å². The molecule has 74 valence electrons. The van der Waals surface area contributed by atoms with Gasteiger partial charge in [-0.3, -0.25) is 0 Å². The first-order valence-electron chi connectivity index (χ1n) is 4.12. The van der Waals surface area contributed by atoms with Gasteiger partial charge in [-0.05, 0) is 40.2 Å². The highest BCUT2D eigenvalue weighted by molar-refractivity contribution is 9.10. The lowest BCUT2D eigenvalue weighted by molar-refractivity contribution is 0.869. The van der Waals surface area contributed by atoms with E-state index in [2.05, 4.69) is 21.0 Å². The fraction of sp³-hybridized carbons (Fsp3) is 0. The van der Waals surface area contributed by atoms with E-state index < -0.39 is 0 Å². The minimum atomic E-state index is 0.386. The maximum Gasteiger partial charge on any atom is 0.162 e. The molecule has 0 spiro atoms. The molecule has 0 N–H and O–H groups in total. The predicted molar refractivity (Wildman–Crippen MR) is 61.0 cm³/mol. The zero-order valence-corrected chi connectivity index (χ0v) is 9.83. The molecule has 2 rings (SSSR count). The molecule has 0 saturated carbocycles. The monoisotopic (exact) mass is 281 g/mol. The van der Waals surface area contributed by atoms with Crippen molar-refractivity contribution in [2.24, 2.45) is 0 Å². The van der Waals surface area contributed by atoms with Crippen LogP contribution < -0.4 is 0 Å². The van der Waals surface area contributed by atoms with Crippen molar-refractivity contribution < 1.29 is 0 Å². The highest BCUT2D eigenvalue weighted by atomic mass is 79.9. The number of nitriles is 1. The molecule has 1 aromatic heterocycles. The third-order valence-corrected chi connectivity index (χ3v) is 2.73. The van der Waals surface area contributed by atoms with Crippen LogP contribution in [0.3, 0.4) is 0 Å². The molecule has 0 radical (unpaired) electrons. The molecular weight excluding hydrogens is 277 g/mol. The van der Waals surface area contributed by atoms with Crippen LogP contribution in [0.2, 0.25) is 5.02 Å². The van der Waals surface area contributed by atoms with Gasteiger partial charge in [0, 0.05) is 15.7 Å². The molecule has 1 heterocycles. The molecule has 0 unspecified atom stereocenters. The van der Waals surface area contributed by atoms with Crippen LogP contribution in [-0.4, -0.2) is 9.78 Å². The summed E-state index contributed by atoms with van der Waals surface area (Å²) < 4.78 is 2.46. The first-order valence-corrected chi connectivity index (χ1v) is 5.29. The van der Waals surface area contributed by atoms with Gasteiger partial charge in [-0.15, -0.1) is 0 Å². The van der Waals surface area contributed by atoms with E-state index in [1.807, 2.05) is 12.1 Å². The van der Waals surface area contributed by atoms with E-state index in [1.54, 1.807) is 29.1 Å². The Balaban J connectivity index is 2.50. The normalized spacial score (nSPS) is 9.93. The number of nitrogens with zero attached hydrogens (tertiary/aromatic N) is 3. The van der Waals surface area contributed by atoms with Crippen LogP contribution in [0.4, 0.5) is 0 Å². The van der Waals surface area contributed by atoms with Crippen LogP contribution in [0.25, 0.3) is 5.69 Å². The molecule has 5 heteroatoms. The largest absolute Gasteiger partial charge is 0.239 e. The zero-order chi connectivity index (χ0) is 10.8. The Morgan fingerprint density at radius 1 is 1.40 bits per heavy atom. The summed E-state index contributed by atoms with van der Waals surface area (Å²) in [7, 11) is 0. The van der Waals surface area contributed by atoms with Gasteiger partial charge in [0.25, 0.3) is 0 Å². The smallest absolute Gasteiger partial charge is 0.162 e. The summed E-state index contributed by atoms with van der Waals surface area (Å²) in [5.74, 6) is 0. The van der Waals surface area contributed by atoms with Crippen molar-refractivity contribution in [2.75, 3.05) is 0 Å². The fourth-order valence-electron chi connectivity index (χ4n) is 1.18. The third kappa shape index (κ3) is 2.04. The van der Waals surface area contributed by atoms with Crippen molar-refractivity contribution in [2.45, 2.75) is 0 Å². The minimum Gasteiger partial charge on any atom is -0.239 e. The zero-order valence-electron chi connectivity index (χ0n) is 7.48. The highest BCUT2D eigenvalue weighted by Gasteiger charge is 2.04. The SMILES string of the molecule is N#Cc1ccn(-c2ccc(Cl)cc2Br)n1. The second-order valence-corrected chi connectivity index (χ2v) is 4.14. The molecule has 0 saturated heterocycles. The summed E-state index contributed by atoms with van der Waals surface area (Å²) in [5, 5.41) is 13.4. The van der Waals surface area contributed by atoms with Crippen molar-refractivity contribution >= 4 is 27.5 Å². The first-order chi connectivity index (χ1) is 7.20. The topological polar surface area (TPSA) is 41.6 Å². The van der Waals surface area contributed by atoms with Crippen molar-refractivity contribution in [3.63, 3.8) is 0 Å². The molecule has 0 atom stereocenters. The molecular formula is C10H5BrClN3. The van der Waals surface area contributed by atoms with Gasteiger partial charge < -0.3 is 0 Å². The Morgan fingerprint density at radius 3 is 2.80 bits per heavy atom. The van der Waals surface area contributed by atoms with Crippen molar-refractivity contribution in [3.8, 4) is 11.8 Å². The Bertz CT molecular complexity index is 542. The Morgan fingerprint density at radius 2 is 2.20 bits per heavy atom. The van der Waals surface area contributed by atoms with E-state index in [4.69, 9.17) is 16.9 Å². The molecule has 0 aliphatic carbocycles. The molecule has 15 heavy (non-hydrogen) atoms. The highest BCUT2D eigenvalue weighted by Crippen LogP contribution is 2.24. The number of halogens is 2. The standard InChI is InChI=1S/C10H5BrClN3/c11-9-5-7(12)1-2-10(9)15-4-3-8(6-13)14-15/h1-5H. The fourth-order valence-corrected chi connectivity index (χ4v) is 2.05. The van der Waals surface area contributed by atoms with E-state index in [-0.39, 0.29) is 0 Å². The summed E-state index contributed by atoms with van der Waals surface area (Å²) in [5.41, 5.74) is 1.23. The van der Waals surface area contributed by atoms with Gasteiger partial charge in [-0.1, -0.05) is 11.6 Å². The first kappa shape index (κ1) is 10.2. The molecule has 0 aliphatic rings. The maximum atomic E-state index is 8.65. The second-order valence-electron chi connectivity index (χ2n) is 2.85. The molecule has 0 bridgehead atoms. The predicted octanol–water partition coefficient (Wildman–Crippen LogP) is 3.16. The summed E-state index contributed by atoms with van der Waals surface area (Å²) in [6.07, 6.45) is 1.73. The minimum absolute atomic E-state index is 0.386. The van der Waals surface area contributed by atoms with Gasteiger partial charge in [0.2, 0.25) is 0 Å². The molecule has 1 aromatic carbocycles. The van der Waals surface area contributed by atoms with Crippen LogP contribution in [0.5, 0.6) is 0 Å². The second kappa shape index (κ2) is 4.05. The van der Waals surface area contributed by atoms with Crippen LogP contribution in [-0.2, 0) is 0 Å². The summed E-state index contributed by atoms with van der Waals surface area (Å²) in [6.45, 7) is 0. The third-order valence-electron chi connectivity index (χ3n) is 1.86. The Kier molecular flexibility index (Phi) is 2.76. The van der Waals surface area contributed by atoms with Gasteiger partial charge in [0.1, 0.15) is 6.07 Å². The average molecular weight is 283 g/mol. The molecule has 3 nitrogen and oxygen atoms in total. The molecule has 0 amide bonds. The van der Waals surface area contributed by atoms with Crippen molar-refractivity contribution in [3.05, 3.63) is 45.7 Å². The average Bonchev–Trinajstić information content (AvgIpc) is 2.66. The van der Waals surface area contributed by atoms with Gasteiger partial charge in [-0.2, -0.15) is 10.4 Å². The van der Waals surface area contributed by atoms with Crippen LogP contribution in [0.1, 0.15) is 5.69 Å². The quantitative estimate of drug-likeness (QED) is 0.806. The summed E-state index contributed by atoms with van der Waals surface area (Å²) in [6, 6.07) is 9.02. The van der Waals surface area contributed by atoms with Crippen molar-refractivity contribution in [1.82, 2.24) is 9.78 Å². The molecule has 0 fully saturated rings. The lowest BCUT2D eigenvalue weighted by Gasteiger charge is -2.03. The van der Waals surface area contributed by atoms with E-state index >= 15 is 0 Å². The number of benzene rings is 1. The Hall–Kier alpha value is -1.31.